The van der Waals surface area contributed by atoms with Gasteiger partial charge in [-0.05, 0) is 30.7 Å². The smallest absolute Gasteiger partial charge is 0.128 e. The molecule has 0 saturated heterocycles. The van der Waals surface area contributed by atoms with E-state index >= 15 is 0 Å². The second kappa shape index (κ2) is 7.01. The first-order valence-corrected chi connectivity index (χ1v) is 7.31. The maximum atomic E-state index is 12.7. The first kappa shape index (κ1) is 14.5. The van der Waals surface area contributed by atoms with Crippen molar-refractivity contribution in [2.24, 2.45) is 0 Å². The molecule has 1 aromatic heterocycles. The molecule has 0 aliphatic carbocycles. The van der Waals surface area contributed by atoms with E-state index in [9.17, 15) is 4.39 Å². The number of benzene rings is 1. The summed E-state index contributed by atoms with van der Waals surface area (Å²) in [5.41, 5.74) is 0.886. The lowest BCUT2D eigenvalue weighted by Gasteiger charge is -2.04. The highest BCUT2D eigenvalue weighted by Gasteiger charge is 2.10. The molecule has 0 aliphatic heterocycles. The van der Waals surface area contributed by atoms with Crippen LogP contribution in [0.15, 0.2) is 24.3 Å². The van der Waals surface area contributed by atoms with E-state index in [1.807, 2.05) is 0 Å². The molecule has 1 aromatic carbocycles. The van der Waals surface area contributed by atoms with Crippen molar-refractivity contribution in [1.82, 2.24) is 4.98 Å². The van der Waals surface area contributed by atoms with Gasteiger partial charge >= 0.3 is 0 Å². The minimum Gasteiger partial charge on any atom is -0.493 e. The van der Waals surface area contributed by atoms with Crippen LogP contribution in [-0.2, 0) is 12.8 Å². The van der Waals surface area contributed by atoms with Crippen molar-refractivity contribution in [3.63, 3.8) is 0 Å². The third-order valence-corrected chi connectivity index (χ3v) is 3.79. The highest BCUT2D eigenvalue weighted by atomic mass is 32.1. The van der Waals surface area contributed by atoms with Gasteiger partial charge in [0, 0.05) is 6.42 Å². The Kier molecular flexibility index (Phi) is 5.08. The van der Waals surface area contributed by atoms with E-state index in [0.717, 1.165) is 23.5 Å². The van der Waals surface area contributed by atoms with Gasteiger partial charge in [0.15, 0.2) is 0 Å². The van der Waals surface area contributed by atoms with Gasteiger partial charge in [0.2, 0.25) is 0 Å². The summed E-state index contributed by atoms with van der Waals surface area (Å²) in [7, 11) is 0. The summed E-state index contributed by atoms with van der Waals surface area (Å²) in [6.07, 6.45) is 2.46. The summed E-state index contributed by atoms with van der Waals surface area (Å²) < 4.78 is 18.3. The topological polar surface area (TPSA) is 45.9 Å². The molecule has 0 amide bonds. The predicted octanol–water partition coefficient (Wildman–Crippen LogP) is 3.73. The van der Waals surface area contributed by atoms with Crippen LogP contribution in [0.1, 0.15) is 28.9 Å². The SMILES string of the molecule is CCCc1nc(CCOc2ccc(F)cc2)sc1C#N. The number of halogens is 1. The Morgan fingerprint density at radius 2 is 2.05 bits per heavy atom. The van der Waals surface area contributed by atoms with Crippen LogP contribution in [-0.4, -0.2) is 11.6 Å². The van der Waals surface area contributed by atoms with Crippen molar-refractivity contribution in [3.8, 4) is 11.8 Å². The van der Waals surface area contributed by atoms with Gasteiger partial charge in [0.25, 0.3) is 0 Å². The highest BCUT2D eigenvalue weighted by Crippen LogP contribution is 2.20. The van der Waals surface area contributed by atoms with Gasteiger partial charge in [-0.15, -0.1) is 11.3 Å². The minimum atomic E-state index is -0.278. The van der Waals surface area contributed by atoms with Gasteiger partial charge in [0.1, 0.15) is 22.5 Å². The summed E-state index contributed by atoms with van der Waals surface area (Å²) in [4.78, 5) is 5.17. The zero-order chi connectivity index (χ0) is 14.4. The molecular weight excluding hydrogens is 275 g/mol. The zero-order valence-electron chi connectivity index (χ0n) is 11.2. The molecule has 0 aliphatic rings. The lowest BCUT2D eigenvalue weighted by Crippen LogP contribution is -2.01. The van der Waals surface area contributed by atoms with E-state index in [2.05, 4.69) is 18.0 Å². The summed E-state index contributed by atoms with van der Waals surface area (Å²) in [5, 5.41) is 9.95. The Morgan fingerprint density at radius 3 is 2.70 bits per heavy atom. The summed E-state index contributed by atoms with van der Waals surface area (Å²) in [5.74, 6) is 0.359. The summed E-state index contributed by atoms with van der Waals surface area (Å²) in [6, 6.07) is 8.12. The molecule has 2 rings (SSSR count). The normalized spacial score (nSPS) is 10.2. The quantitative estimate of drug-likeness (QED) is 0.814. The molecule has 0 saturated carbocycles. The Bertz CT molecular complexity index is 601. The first-order chi connectivity index (χ1) is 9.72. The van der Waals surface area contributed by atoms with Gasteiger partial charge in [0.05, 0.1) is 17.3 Å². The number of nitrogens with zero attached hydrogens (tertiary/aromatic N) is 2. The average Bonchev–Trinajstić information content (AvgIpc) is 2.84. The van der Waals surface area contributed by atoms with Crippen molar-refractivity contribution in [1.29, 1.82) is 5.26 Å². The molecule has 0 bridgehead atoms. The van der Waals surface area contributed by atoms with E-state index in [4.69, 9.17) is 10.00 Å². The van der Waals surface area contributed by atoms with Crippen LogP contribution in [0.3, 0.4) is 0 Å². The Labute approximate surface area is 121 Å². The summed E-state index contributed by atoms with van der Waals surface area (Å²) >= 11 is 1.42. The van der Waals surface area contributed by atoms with Crippen LogP contribution in [0.25, 0.3) is 0 Å². The molecule has 2 aromatic rings. The largest absolute Gasteiger partial charge is 0.493 e. The lowest BCUT2D eigenvalue weighted by atomic mass is 10.2. The van der Waals surface area contributed by atoms with Gasteiger partial charge in [-0.3, -0.25) is 0 Å². The third kappa shape index (κ3) is 3.78. The van der Waals surface area contributed by atoms with Crippen LogP contribution < -0.4 is 4.74 Å². The molecule has 104 valence electrons. The van der Waals surface area contributed by atoms with Crippen LogP contribution in [0.5, 0.6) is 5.75 Å². The molecule has 0 spiro atoms. The van der Waals surface area contributed by atoms with Crippen molar-refractivity contribution < 1.29 is 9.13 Å². The van der Waals surface area contributed by atoms with Gasteiger partial charge in [-0.25, -0.2) is 9.37 Å². The fourth-order valence-corrected chi connectivity index (χ4v) is 2.68. The van der Waals surface area contributed by atoms with Gasteiger partial charge in [-0.2, -0.15) is 5.26 Å². The average molecular weight is 290 g/mol. The molecule has 1 heterocycles. The predicted molar refractivity (Wildman–Crippen MR) is 76.4 cm³/mol. The number of nitriles is 1. The van der Waals surface area contributed by atoms with E-state index < -0.39 is 0 Å². The van der Waals surface area contributed by atoms with E-state index in [-0.39, 0.29) is 5.82 Å². The van der Waals surface area contributed by atoms with Crippen LogP contribution in [0.2, 0.25) is 0 Å². The molecule has 0 fully saturated rings. The Hall–Kier alpha value is -1.93. The number of hydrogen-bond donors (Lipinski definition) is 0. The molecule has 0 atom stereocenters. The lowest BCUT2D eigenvalue weighted by molar-refractivity contribution is 0.321. The highest BCUT2D eigenvalue weighted by molar-refractivity contribution is 7.12. The Balaban J connectivity index is 1.91. The maximum Gasteiger partial charge on any atom is 0.128 e. The fourth-order valence-electron chi connectivity index (χ4n) is 1.79. The van der Waals surface area contributed by atoms with Crippen LogP contribution in [0.4, 0.5) is 4.39 Å². The van der Waals surface area contributed by atoms with Gasteiger partial charge < -0.3 is 4.74 Å². The van der Waals surface area contributed by atoms with Gasteiger partial charge in [-0.1, -0.05) is 13.3 Å². The number of rotatable bonds is 6. The second-order valence-corrected chi connectivity index (χ2v) is 5.38. The third-order valence-electron chi connectivity index (χ3n) is 2.73. The number of aryl methyl sites for hydroxylation is 1. The van der Waals surface area contributed by atoms with Crippen molar-refractivity contribution in [2.45, 2.75) is 26.2 Å². The molecule has 0 N–H and O–H groups in total. The molecular formula is C15H15FN2OS. The molecule has 20 heavy (non-hydrogen) atoms. The summed E-state index contributed by atoms with van der Waals surface area (Å²) in [6.45, 7) is 2.54. The number of hydrogen-bond acceptors (Lipinski definition) is 4. The minimum absolute atomic E-state index is 0.278. The van der Waals surface area contributed by atoms with Crippen LogP contribution in [0, 0.1) is 17.1 Å². The second-order valence-electron chi connectivity index (χ2n) is 4.30. The van der Waals surface area contributed by atoms with Crippen LogP contribution >= 0.6 is 11.3 Å². The number of ether oxygens (including phenoxy) is 1. The fraction of sp³-hybridized carbons (Fsp3) is 0.333. The van der Waals surface area contributed by atoms with E-state index in [1.165, 1.54) is 23.5 Å². The maximum absolute atomic E-state index is 12.7. The number of thiazole rings is 1. The van der Waals surface area contributed by atoms with E-state index in [0.29, 0.717) is 23.7 Å². The van der Waals surface area contributed by atoms with Crippen molar-refractivity contribution in [2.75, 3.05) is 6.61 Å². The van der Waals surface area contributed by atoms with E-state index in [1.54, 1.807) is 12.1 Å². The zero-order valence-corrected chi connectivity index (χ0v) is 12.0. The molecule has 3 nitrogen and oxygen atoms in total. The first-order valence-electron chi connectivity index (χ1n) is 6.50. The van der Waals surface area contributed by atoms with Crippen molar-refractivity contribution >= 4 is 11.3 Å². The Morgan fingerprint density at radius 1 is 1.30 bits per heavy atom. The molecule has 5 heteroatoms. The monoisotopic (exact) mass is 290 g/mol. The molecule has 0 radical (unpaired) electrons. The molecule has 0 unspecified atom stereocenters. The number of aromatic nitrogens is 1. The van der Waals surface area contributed by atoms with Crippen molar-refractivity contribution in [3.05, 3.63) is 45.7 Å². The standard InChI is InChI=1S/C15H15FN2OS/c1-2-3-13-14(10-17)20-15(18-13)8-9-19-12-6-4-11(16)5-7-12/h4-7H,2-3,8-9H2,1H3.